The lowest BCUT2D eigenvalue weighted by molar-refractivity contribution is 0.0240. The summed E-state index contributed by atoms with van der Waals surface area (Å²) in [6.07, 6.45) is 0.407. The van der Waals surface area contributed by atoms with E-state index in [-0.39, 0.29) is 6.09 Å². The highest BCUT2D eigenvalue weighted by Crippen LogP contribution is 2.28. The molecule has 0 radical (unpaired) electrons. The van der Waals surface area contributed by atoms with Gasteiger partial charge >= 0.3 is 6.09 Å². The van der Waals surface area contributed by atoms with Crippen molar-refractivity contribution in [3.8, 4) is 0 Å². The van der Waals surface area contributed by atoms with Gasteiger partial charge in [0.05, 0.1) is 18.8 Å². The summed E-state index contributed by atoms with van der Waals surface area (Å²) in [4.78, 5) is 27.7. The molecule has 8 heteroatoms. The Bertz CT molecular complexity index is 990. The Morgan fingerprint density at radius 2 is 2.03 bits per heavy atom. The van der Waals surface area contributed by atoms with E-state index in [0.717, 1.165) is 42.1 Å². The normalized spacial score (nSPS) is 20.2. The minimum absolute atomic E-state index is 0.346. The third kappa shape index (κ3) is 4.86. The molecule has 0 saturated carbocycles. The Morgan fingerprint density at radius 1 is 1.25 bits per heavy atom. The molecule has 2 atom stereocenters. The van der Waals surface area contributed by atoms with E-state index in [0.29, 0.717) is 25.0 Å². The second kappa shape index (κ2) is 8.67. The summed E-state index contributed by atoms with van der Waals surface area (Å²) < 4.78 is 5.47. The number of hydrogen-bond acceptors (Lipinski definition) is 7. The van der Waals surface area contributed by atoms with Crippen molar-refractivity contribution in [3.63, 3.8) is 0 Å². The first-order valence-electron chi connectivity index (χ1n) is 11.2. The maximum atomic E-state index is 12.4. The Hall–Kier alpha value is -2.71. The Balaban J connectivity index is 1.48. The van der Waals surface area contributed by atoms with E-state index in [1.54, 1.807) is 11.1 Å². The fourth-order valence-electron chi connectivity index (χ4n) is 4.08. The highest BCUT2D eigenvalue weighted by molar-refractivity contribution is 5.69. The van der Waals surface area contributed by atoms with Crippen molar-refractivity contribution >= 4 is 11.8 Å². The number of likely N-dealkylation sites (N-methyl/N-ethyl adjacent to an activating group) is 1. The van der Waals surface area contributed by atoms with E-state index in [2.05, 4.69) is 39.8 Å². The Kier molecular flexibility index (Phi) is 6.09. The molecule has 0 aliphatic carbocycles. The van der Waals surface area contributed by atoms with Gasteiger partial charge in [-0.25, -0.2) is 14.8 Å². The molecule has 1 fully saturated rings. The Labute approximate surface area is 189 Å². The second-order valence-electron chi connectivity index (χ2n) is 9.81. The molecule has 2 aromatic rings. The quantitative estimate of drug-likeness (QED) is 0.787. The predicted octanol–water partition coefficient (Wildman–Crippen LogP) is 2.95. The third-order valence-corrected chi connectivity index (χ3v) is 6.08. The monoisotopic (exact) mass is 439 g/mol. The van der Waals surface area contributed by atoms with Gasteiger partial charge in [-0.3, -0.25) is 4.90 Å². The van der Waals surface area contributed by atoms with Crippen LogP contribution >= 0.6 is 0 Å². The van der Waals surface area contributed by atoms with Crippen LogP contribution in [0.5, 0.6) is 0 Å². The molecule has 2 aliphatic rings. The summed E-state index contributed by atoms with van der Waals surface area (Å²) >= 11 is 0. The maximum absolute atomic E-state index is 12.4. The molecule has 2 aliphatic heterocycles. The van der Waals surface area contributed by atoms with Crippen LogP contribution < -0.4 is 4.90 Å². The number of ether oxygens (including phenoxy) is 1. The van der Waals surface area contributed by atoms with Crippen LogP contribution in [0.4, 0.5) is 10.5 Å². The van der Waals surface area contributed by atoms with Crippen LogP contribution in [0.25, 0.3) is 0 Å². The lowest BCUT2D eigenvalue weighted by Gasteiger charge is -2.39. The molecule has 32 heavy (non-hydrogen) atoms. The molecule has 1 saturated heterocycles. The number of hydrogen-bond donors (Lipinski definition) is 1. The number of nitrogens with zero attached hydrogens (tertiary/aromatic N) is 5. The van der Waals surface area contributed by atoms with Crippen molar-refractivity contribution in [2.45, 2.75) is 58.5 Å². The van der Waals surface area contributed by atoms with E-state index < -0.39 is 11.7 Å². The number of carbonyl (C=O) groups is 1. The van der Waals surface area contributed by atoms with E-state index in [1.807, 2.05) is 39.0 Å². The minimum atomic E-state index is -0.930. The number of piperazine rings is 1. The standard InChI is InChI=1S/C24H33N5O3/c1-16-13-28(10-9-27(16)5)19-8-6-7-17(11-19)21(30)22-25-12-18-14-29(15-20(18)26-22)23(31)32-24(2,3)4/h6-8,11-12,16,21,30H,9-10,13-15H2,1-5H3. The number of benzene rings is 1. The Morgan fingerprint density at radius 3 is 2.75 bits per heavy atom. The van der Waals surface area contributed by atoms with Gasteiger partial charge in [-0.1, -0.05) is 12.1 Å². The van der Waals surface area contributed by atoms with Gasteiger partial charge in [0.2, 0.25) is 0 Å². The molecule has 1 aromatic carbocycles. The number of rotatable bonds is 3. The number of aliphatic hydroxyl groups is 1. The van der Waals surface area contributed by atoms with Crippen molar-refractivity contribution in [3.05, 3.63) is 53.1 Å². The largest absolute Gasteiger partial charge is 0.444 e. The number of fused-ring (bicyclic) bond motifs is 1. The SMILES string of the molecule is CC1CN(c2cccc(C(O)c3ncc4c(n3)CN(C(=O)OC(C)(C)C)C4)c2)CCN1C. The summed E-state index contributed by atoms with van der Waals surface area (Å²) in [5, 5.41) is 11.0. The first-order valence-corrected chi connectivity index (χ1v) is 11.2. The van der Waals surface area contributed by atoms with Gasteiger partial charge in [0.15, 0.2) is 5.82 Å². The lowest BCUT2D eigenvalue weighted by Crippen LogP contribution is -2.50. The molecule has 3 heterocycles. The zero-order valence-corrected chi connectivity index (χ0v) is 19.6. The molecule has 172 valence electrons. The van der Waals surface area contributed by atoms with Crippen LogP contribution in [0.2, 0.25) is 0 Å². The summed E-state index contributed by atoms with van der Waals surface area (Å²) in [5.74, 6) is 0.346. The summed E-state index contributed by atoms with van der Waals surface area (Å²) in [7, 11) is 2.15. The number of aliphatic hydroxyl groups excluding tert-OH is 1. The molecule has 1 N–H and O–H groups in total. The van der Waals surface area contributed by atoms with Crippen molar-refractivity contribution in [1.82, 2.24) is 19.8 Å². The maximum Gasteiger partial charge on any atom is 0.410 e. The van der Waals surface area contributed by atoms with Gasteiger partial charge in [-0.05, 0) is 52.4 Å². The van der Waals surface area contributed by atoms with Crippen LogP contribution in [0.15, 0.2) is 30.5 Å². The zero-order chi connectivity index (χ0) is 23.0. The fourth-order valence-corrected chi connectivity index (χ4v) is 4.08. The number of anilines is 1. The van der Waals surface area contributed by atoms with Gasteiger partial charge in [-0.15, -0.1) is 0 Å². The summed E-state index contributed by atoms with van der Waals surface area (Å²) in [5.41, 5.74) is 2.94. The molecular weight excluding hydrogens is 406 g/mol. The van der Waals surface area contributed by atoms with Crippen LogP contribution in [-0.2, 0) is 17.8 Å². The zero-order valence-electron chi connectivity index (χ0n) is 19.6. The first kappa shape index (κ1) is 22.5. The highest BCUT2D eigenvalue weighted by Gasteiger charge is 2.30. The van der Waals surface area contributed by atoms with Crippen molar-refractivity contribution < 1.29 is 14.6 Å². The van der Waals surface area contributed by atoms with E-state index >= 15 is 0 Å². The van der Waals surface area contributed by atoms with Crippen LogP contribution in [0.3, 0.4) is 0 Å². The second-order valence-corrected chi connectivity index (χ2v) is 9.81. The van der Waals surface area contributed by atoms with Crippen molar-refractivity contribution in [2.75, 3.05) is 31.6 Å². The molecule has 0 bridgehead atoms. The fraction of sp³-hybridized carbons (Fsp3) is 0.542. The molecule has 1 aromatic heterocycles. The van der Waals surface area contributed by atoms with Crippen molar-refractivity contribution in [1.29, 1.82) is 0 Å². The first-order chi connectivity index (χ1) is 15.1. The number of aromatic nitrogens is 2. The predicted molar refractivity (Wildman–Crippen MR) is 122 cm³/mol. The van der Waals surface area contributed by atoms with Gasteiger partial charge < -0.3 is 19.6 Å². The molecule has 2 unspecified atom stereocenters. The lowest BCUT2D eigenvalue weighted by atomic mass is 10.1. The van der Waals surface area contributed by atoms with Gasteiger partial charge in [-0.2, -0.15) is 0 Å². The summed E-state index contributed by atoms with van der Waals surface area (Å²) in [6.45, 7) is 11.4. The van der Waals surface area contributed by atoms with Gasteiger partial charge in [0.1, 0.15) is 11.7 Å². The minimum Gasteiger partial charge on any atom is -0.444 e. The molecule has 4 rings (SSSR count). The van der Waals surface area contributed by atoms with Gasteiger partial charge in [0.25, 0.3) is 0 Å². The van der Waals surface area contributed by atoms with Crippen LogP contribution in [-0.4, -0.2) is 69.3 Å². The van der Waals surface area contributed by atoms with E-state index in [9.17, 15) is 9.90 Å². The van der Waals surface area contributed by atoms with E-state index in [1.165, 1.54) is 0 Å². The third-order valence-electron chi connectivity index (χ3n) is 6.08. The van der Waals surface area contributed by atoms with Crippen LogP contribution in [0.1, 0.15) is 56.4 Å². The van der Waals surface area contributed by atoms with Crippen molar-refractivity contribution in [2.24, 2.45) is 0 Å². The molecular formula is C24H33N5O3. The average molecular weight is 440 g/mol. The summed E-state index contributed by atoms with van der Waals surface area (Å²) in [6, 6.07) is 8.44. The van der Waals surface area contributed by atoms with E-state index in [4.69, 9.17) is 4.74 Å². The molecule has 8 nitrogen and oxygen atoms in total. The highest BCUT2D eigenvalue weighted by atomic mass is 16.6. The topological polar surface area (TPSA) is 82.0 Å². The number of amides is 1. The molecule has 1 amide bonds. The molecule has 0 spiro atoms. The van der Waals surface area contributed by atoms with Crippen LogP contribution in [0, 0.1) is 0 Å². The number of carbonyl (C=O) groups excluding carboxylic acids is 1. The van der Waals surface area contributed by atoms with Gasteiger partial charge in [0, 0.05) is 43.1 Å². The average Bonchev–Trinajstić information content (AvgIpc) is 3.18. The smallest absolute Gasteiger partial charge is 0.410 e.